The standard InChI is InChI=1S/C22H26F3N5O2/c1-28(16-17-5-3-2-4-6-17)21(32)26-10-9-20(31)30-13-11-29(12-14-30)19-8-7-18(15-27-19)22(23,24)25/h2-8,15H,9-14,16H2,1H3,(H,26,32). The highest BCUT2D eigenvalue weighted by atomic mass is 19.4. The smallest absolute Gasteiger partial charge is 0.353 e. The van der Waals surface area contributed by atoms with Crippen LogP contribution < -0.4 is 10.2 Å². The Morgan fingerprint density at radius 1 is 1.06 bits per heavy atom. The molecule has 10 heteroatoms. The van der Waals surface area contributed by atoms with Crippen molar-refractivity contribution in [2.24, 2.45) is 0 Å². The second-order valence-electron chi connectivity index (χ2n) is 7.59. The minimum atomic E-state index is -4.41. The number of alkyl halides is 3. The van der Waals surface area contributed by atoms with Crippen molar-refractivity contribution in [3.8, 4) is 0 Å². The lowest BCUT2D eigenvalue weighted by Gasteiger charge is -2.35. The van der Waals surface area contributed by atoms with E-state index in [0.29, 0.717) is 38.5 Å². The minimum absolute atomic E-state index is 0.0731. The fraction of sp³-hybridized carbons (Fsp3) is 0.409. The van der Waals surface area contributed by atoms with Gasteiger partial charge in [0.2, 0.25) is 5.91 Å². The van der Waals surface area contributed by atoms with E-state index in [2.05, 4.69) is 10.3 Å². The average Bonchev–Trinajstić information content (AvgIpc) is 2.79. The van der Waals surface area contributed by atoms with E-state index in [4.69, 9.17) is 0 Å². The van der Waals surface area contributed by atoms with Gasteiger partial charge in [-0.25, -0.2) is 9.78 Å². The number of carbonyl (C=O) groups is 2. The molecule has 1 aliphatic heterocycles. The van der Waals surface area contributed by atoms with Crippen LogP contribution >= 0.6 is 0 Å². The van der Waals surface area contributed by atoms with Gasteiger partial charge in [-0.1, -0.05) is 30.3 Å². The summed E-state index contributed by atoms with van der Waals surface area (Å²) in [7, 11) is 1.69. The maximum atomic E-state index is 12.7. The normalized spacial score (nSPS) is 14.2. The molecule has 0 bridgehead atoms. The number of benzene rings is 1. The number of pyridine rings is 1. The van der Waals surface area contributed by atoms with Gasteiger partial charge >= 0.3 is 12.2 Å². The van der Waals surface area contributed by atoms with E-state index in [1.807, 2.05) is 35.2 Å². The molecule has 0 aliphatic carbocycles. The fourth-order valence-corrected chi connectivity index (χ4v) is 3.42. The first kappa shape index (κ1) is 23.4. The van der Waals surface area contributed by atoms with E-state index in [1.165, 1.54) is 6.07 Å². The van der Waals surface area contributed by atoms with E-state index < -0.39 is 11.7 Å². The van der Waals surface area contributed by atoms with E-state index in [0.717, 1.165) is 17.8 Å². The number of piperazine rings is 1. The Morgan fingerprint density at radius 3 is 2.34 bits per heavy atom. The Balaban J connectivity index is 1.38. The number of nitrogens with one attached hydrogen (secondary N) is 1. The van der Waals surface area contributed by atoms with Crippen LogP contribution in [0.25, 0.3) is 0 Å². The van der Waals surface area contributed by atoms with E-state index in [1.54, 1.807) is 16.8 Å². The van der Waals surface area contributed by atoms with Crippen LogP contribution in [0.15, 0.2) is 48.7 Å². The summed E-state index contributed by atoms with van der Waals surface area (Å²) < 4.78 is 38.0. The van der Waals surface area contributed by atoms with Crippen LogP contribution in [-0.4, -0.2) is 66.5 Å². The van der Waals surface area contributed by atoms with Crippen molar-refractivity contribution in [1.29, 1.82) is 0 Å². The number of urea groups is 1. The van der Waals surface area contributed by atoms with Crippen molar-refractivity contribution >= 4 is 17.8 Å². The van der Waals surface area contributed by atoms with Gasteiger partial charge < -0.3 is 20.0 Å². The van der Waals surface area contributed by atoms with Crippen LogP contribution in [-0.2, 0) is 17.5 Å². The highest BCUT2D eigenvalue weighted by Gasteiger charge is 2.31. The van der Waals surface area contributed by atoms with Crippen LogP contribution in [0.5, 0.6) is 0 Å². The molecular weight excluding hydrogens is 423 g/mol. The Kier molecular flexibility index (Phi) is 7.55. The molecule has 1 saturated heterocycles. The van der Waals surface area contributed by atoms with Gasteiger partial charge in [-0.15, -0.1) is 0 Å². The summed E-state index contributed by atoms with van der Waals surface area (Å²) >= 11 is 0. The van der Waals surface area contributed by atoms with Gasteiger partial charge in [-0.3, -0.25) is 4.79 Å². The van der Waals surface area contributed by atoms with Crippen molar-refractivity contribution in [3.05, 3.63) is 59.8 Å². The van der Waals surface area contributed by atoms with Crippen LogP contribution in [0, 0.1) is 0 Å². The summed E-state index contributed by atoms with van der Waals surface area (Å²) in [5, 5.41) is 2.75. The number of halogens is 3. The number of aromatic nitrogens is 1. The molecule has 1 aliphatic rings. The number of carbonyl (C=O) groups excluding carboxylic acids is 2. The summed E-state index contributed by atoms with van der Waals surface area (Å²) in [6.45, 7) is 2.57. The fourth-order valence-electron chi connectivity index (χ4n) is 3.42. The molecule has 3 amide bonds. The molecule has 2 heterocycles. The molecule has 1 N–H and O–H groups in total. The first-order chi connectivity index (χ1) is 15.2. The molecule has 7 nitrogen and oxygen atoms in total. The van der Waals surface area contributed by atoms with Crippen molar-refractivity contribution in [1.82, 2.24) is 20.1 Å². The second-order valence-corrected chi connectivity index (χ2v) is 7.59. The van der Waals surface area contributed by atoms with Gasteiger partial charge in [0.05, 0.1) is 5.56 Å². The molecule has 0 spiro atoms. The third-order valence-electron chi connectivity index (χ3n) is 5.26. The Hall–Kier alpha value is -3.30. The second kappa shape index (κ2) is 10.3. The van der Waals surface area contributed by atoms with Crippen molar-refractivity contribution < 1.29 is 22.8 Å². The average molecular weight is 449 g/mol. The van der Waals surface area contributed by atoms with E-state index >= 15 is 0 Å². The predicted molar refractivity (Wildman–Crippen MR) is 114 cm³/mol. The maximum Gasteiger partial charge on any atom is 0.417 e. The van der Waals surface area contributed by atoms with Crippen LogP contribution in [0.2, 0.25) is 0 Å². The minimum Gasteiger partial charge on any atom is -0.353 e. The number of hydrogen-bond acceptors (Lipinski definition) is 4. The molecule has 0 saturated carbocycles. The number of rotatable bonds is 6. The zero-order chi connectivity index (χ0) is 23.1. The predicted octanol–water partition coefficient (Wildman–Crippen LogP) is 2.98. The Bertz CT molecular complexity index is 898. The molecule has 1 aromatic heterocycles. The number of hydrogen-bond donors (Lipinski definition) is 1. The third kappa shape index (κ3) is 6.35. The van der Waals surface area contributed by atoms with Crippen molar-refractivity contribution in [2.75, 3.05) is 44.7 Å². The summed E-state index contributed by atoms with van der Waals surface area (Å²) in [6, 6.07) is 11.7. The maximum absolute atomic E-state index is 12.7. The largest absolute Gasteiger partial charge is 0.417 e. The molecule has 0 radical (unpaired) electrons. The van der Waals surface area contributed by atoms with Crippen molar-refractivity contribution in [2.45, 2.75) is 19.1 Å². The van der Waals surface area contributed by atoms with Gasteiger partial charge in [-0.05, 0) is 17.7 Å². The number of anilines is 1. The molecule has 172 valence electrons. The lowest BCUT2D eigenvalue weighted by atomic mass is 10.2. The molecule has 0 atom stereocenters. The Labute approximate surface area is 184 Å². The Morgan fingerprint density at radius 2 is 1.75 bits per heavy atom. The number of nitrogens with zero attached hydrogens (tertiary/aromatic N) is 4. The molecule has 32 heavy (non-hydrogen) atoms. The first-order valence-corrected chi connectivity index (χ1v) is 10.3. The van der Waals surface area contributed by atoms with Crippen LogP contribution in [0.4, 0.5) is 23.8 Å². The topological polar surface area (TPSA) is 68.8 Å². The van der Waals surface area contributed by atoms with Gasteiger partial charge in [0, 0.05) is 58.9 Å². The SMILES string of the molecule is CN(Cc1ccccc1)C(=O)NCCC(=O)N1CCN(c2ccc(C(F)(F)F)cn2)CC1. The lowest BCUT2D eigenvalue weighted by Crippen LogP contribution is -2.49. The van der Waals surface area contributed by atoms with Gasteiger partial charge in [0.1, 0.15) is 5.82 Å². The number of amides is 3. The molecule has 2 aromatic rings. The summed E-state index contributed by atoms with van der Waals surface area (Å²) in [5.41, 5.74) is 0.230. The first-order valence-electron chi connectivity index (χ1n) is 10.3. The molecular formula is C22H26F3N5O2. The zero-order valence-corrected chi connectivity index (χ0v) is 17.8. The quantitative estimate of drug-likeness (QED) is 0.736. The van der Waals surface area contributed by atoms with Gasteiger partial charge in [0.25, 0.3) is 0 Å². The highest BCUT2D eigenvalue weighted by Crippen LogP contribution is 2.29. The van der Waals surface area contributed by atoms with Crippen LogP contribution in [0.1, 0.15) is 17.5 Å². The van der Waals surface area contributed by atoms with Crippen LogP contribution in [0.3, 0.4) is 0 Å². The van der Waals surface area contributed by atoms with E-state index in [9.17, 15) is 22.8 Å². The molecule has 1 aromatic carbocycles. The van der Waals surface area contributed by atoms with E-state index in [-0.39, 0.29) is 24.9 Å². The molecule has 3 rings (SSSR count). The van der Waals surface area contributed by atoms with Gasteiger partial charge in [0.15, 0.2) is 0 Å². The summed E-state index contributed by atoms with van der Waals surface area (Å²) in [4.78, 5) is 33.6. The monoisotopic (exact) mass is 449 g/mol. The van der Waals surface area contributed by atoms with Crippen molar-refractivity contribution in [3.63, 3.8) is 0 Å². The van der Waals surface area contributed by atoms with Gasteiger partial charge in [-0.2, -0.15) is 13.2 Å². The zero-order valence-electron chi connectivity index (χ0n) is 17.8. The lowest BCUT2D eigenvalue weighted by molar-refractivity contribution is -0.137. The molecule has 1 fully saturated rings. The summed E-state index contributed by atoms with van der Waals surface area (Å²) in [6.07, 6.45) is -3.41. The third-order valence-corrected chi connectivity index (χ3v) is 5.26. The highest BCUT2D eigenvalue weighted by molar-refractivity contribution is 5.78. The molecule has 0 unspecified atom stereocenters. The summed E-state index contributed by atoms with van der Waals surface area (Å²) in [5.74, 6) is 0.384.